The third-order valence-electron chi connectivity index (χ3n) is 6.17. The number of nitrogens with zero attached hydrogens (tertiary/aromatic N) is 2. The molecule has 1 saturated heterocycles. The zero-order valence-electron chi connectivity index (χ0n) is 19.6. The van der Waals surface area contributed by atoms with Crippen molar-refractivity contribution >= 4 is 21.6 Å². The molecule has 32 heavy (non-hydrogen) atoms. The second kappa shape index (κ2) is 10.5. The number of hydrogen-bond donors (Lipinski definition) is 1. The van der Waals surface area contributed by atoms with E-state index in [0.29, 0.717) is 37.4 Å². The first-order valence-corrected chi connectivity index (χ1v) is 12.7. The van der Waals surface area contributed by atoms with E-state index >= 15 is 0 Å². The molecule has 1 aliphatic heterocycles. The lowest BCUT2D eigenvalue weighted by Crippen LogP contribution is -2.43. The van der Waals surface area contributed by atoms with Crippen molar-refractivity contribution in [1.82, 2.24) is 9.62 Å². The van der Waals surface area contributed by atoms with E-state index in [0.717, 1.165) is 24.0 Å². The molecule has 3 rings (SSSR count). The predicted molar refractivity (Wildman–Crippen MR) is 129 cm³/mol. The van der Waals surface area contributed by atoms with E-state index in [4.69, 9.17) is 0 Å². The summed E-state index contributed by atoms with van der Waals surface area (Å²) in [7, 11) is 0.524. The molecule has 6 nitrogen and oxygen atoms in total. The van der Waals surface area contributed by atoms with Crippen LogP contribution in [0, 0.1) is 19.8 Å². The van der Waals surface area contributed by atoms with Crippen molar-refractivity contribution in [3.8, 4) is 0 Å². The Morgan fingerprint density at radius 2 is 1.72 bits per heavy atom. The molecule has 7 heteroatoms. The maximum absolute atomic E-state index is 13.0. The van der Waals surface area contributed by atoms with Gasteiger partial charge in [0.2, 0.25) is 15.9 Å². The molecule has 0 spiro atoms. The predicted octanol–water partition coefficient (Wildman–Crippen LogP) is 3.52. The second-order valence-corrected chi connectivity index (χ2v) is 10.8. The summed E-state index contributed by atoms with van der Waals surface area (Å²) in [5.74, 6) is -0.0866. The third-order valence-corrected chi connectivity index (χ3v) is 8.23. The Bertz CT molecular complexity index is 1020. The van der Waals surface area contributed by atoms with Crippen molar-refractivity contribution in [3.05, 3.63) is 59.2 Å². The van der Waals surface area contributed by atoms with E-state index in [2.05, 4.69) is 34.5 Å². The van der Waals surface area contributed by atoms with Crippen molar-refractivity contribution in [2.45, 2.75) is 44.4 Å². The molecule has 2 aromatic rings. The smallest absolute Gasteiger partial charge is 0.243 e. The Balaban J connectivity index is 1.44. The van der Waals surface area contributed by atoms with Crippen LogP contribution >= 0.6 is 0 Å². The van der Waals surface area contributed by atoms with Crippen molar-refractivity contribution in [3.63, 3.8) is 0 Å². The molecule has 1 amide bonds. The summed E-state index contributed by atoms with van der Waals surface area (Å²) in [5, 5.41) is 3.04. The summed E-state index contributed by atoms with van der Waals surface area (Å²) in [6.07, 6.45) is 2.91. The minimum atomic E-state index is -3.52. The number of rotatable bonds is 8. The molecule has 1 fully saturated rings. The van der Waals surface area contributed by atoms with Crippen LogP contribution in [-0.4, -0.2) is 52.4 Å². The molecule has 174 valence electrons. The maximum Gasteiger partial charge on any atom is 0.243 e. The van der Waals surface area contributed by atoms with E-state index in [9.17, 15) is 13.2 Å². The zero-order valence-corrected chi connectivity index (χ0v) is 20.4. The summed E-state index contributed by atoms with van der Waals surface area (Å²) in [4.78, 5) is 15.0. The highest BCUT2D eigenvalue weighted by Crippen LogP contribution is 2.26. The summed E-state index contributed by atoms with van der Waals surface area (Å²) >= 11 is 0. The van der Waals surface area contributed by atoms with Gasteiger partial charge in [0.15, 0.2) is 0 Å². The Morgan fingerprint density at radius 1 is 1.06 bits per heavy atom. The lowest BCUT2D eigenvalue weighted by atomic mass is 9.97. The molecular weight excluding hydrogens is 422 g/mol. The van der Waals surface area contributed by atoms with Crippen LogP contribution in [0.1, 0.15) is 36.0 Å². The van der Waals surface area contributed by atoms with Gasteiger partial charge >= 0.3 is 0 Å². The largest absolute Gasteiger partial charge is 0.378 e. The molecule has 0 radical (unpaired) electrons. The van der Waals surface area contributed by atoms with Crippen molar-refractivity contribution in [2.75, 3.05) is 38.6 Å². The maximum atomic E-state index is 13.0. The van der Waals surface area contributed by atoms with Crippen LogP contribution < -0.4 is 10.2 Å². The van der Waals surface area contributed by atoms with Gasteiger partial charge in [-0.15, -0.1) is 0 Å². The van der Waals surface area contributed by atoms with Gasteiger partial charge < -0.3 is 10.2 Å². The summed E-state index contributed by atoms with van der Waals surface area (Å²) < 4.78 is 27.6. The van der Waals surface area contributed by atoms with Crippen molar-refractivity contribution < 1.29 is 13.2 Å². The van der Waals surface area contributed by atoms with Gasteiger partial charge in [-0.2, -0.15) is 4.31 Å². The number of anilines is 1. The number of carbonyl (C=O) groups excluding carboxylic acids is 1. The fraction of sp³-hybridized carbons (Fsp3) is 0.480. The zero-order chi connectivity index (χ0) is 23.3. The Kier molecular flexibility index (Phi) is 7.96. The molecule has 1 aliphatic rings. The van der Waals surface area contributed by atoms with Crippen LogP contribution in [0.25, 0.3) is 0 Å². The van der Waals surface area contributed by atoms with Gasteiger partial charge in [-0.1, -0.05) is 29.8 Å². The minimum absolute atomic E-state index is 0.0384. The monoisotopic (exact) mass is 457 g/mol. The van der Waals surface area contributed by atoms with Crippen LogP contribution in [0.5, 0.6) is 0 Å². The second-order valence-electron chi connectivity index (χ2n) is 8.90. The first-order chi connectivity index (χ1) is 15.2. The van der Waals surface area contributed by atoms with Crippen LogP contribution in [0.15, 0.2) is 47.4 Å². The van der Waals surface area contributed by atoms with Crippen LogP contribution in [-0.2, 0) is 21.2 Å². The SMILES string of the molecule is Cc1ccc(S(=O)(=O)N2CCC(C(=O)NCCCc3ccc(N(C)C)cc3)CC2)c(C)c1. The topological polar surface area (TPSA) is 69.7 Å². The van der Waals surface area contributed by atoms with Gasteiger partial charge in [0.1, 0.15) is 0 Å². The highest BCUT2D eigenvalue weighted by Gasteiger charge is 2.32. The fourth-order valence-corrected chi connectivity index (χ4v) is 5.87. The minimum Gasteiger partial charge on any atom is -0.378 e. The molecule has 0 atom stereocenters. The van der Waals surface area contributed by atoms with Crippen molar-refractivity contribution in [2.24, 2.45) is 5.92 Å². The number of nitrogens with one attached hydrogen (secondary N) is 1. The average molecular weight is 458 g/mol. The lowest BCUT2D eigenvalue weighted by molar-refractivity contribution is -0.126. The van der Waals surface area contributed by atoms with Gasteiger partial charge in [0.05, 0.1) is 4.90 Å². The summed E-state index contributed by atoms with van der Waals surface area (Å²) in [5.41, 5.74) is 4.24. The Morgan fingerprint density at radius 3 is 2.31 bits per heavy atom. The number of benzene rings is 2. The molecule has 1 heterocycles. The van der Waals surface area contributed by atoms with Crippen LogP contribution in [0.4, 0.5) is 5.69 Å². The number of sulfonamides is 1. The number of amides is 1. The van der Waals surface area contributed by atoms with E-state index in [-0.39, 0.29) is 11.8 Å². The van der Waals surface area contributed by atoms with Crippen LogP contribution in [0.3, 0.4) is 0 Å². The molecule has 0 aromatic heterocycles. The third kappa shape index (κ3) is 5.90. The van der Waals surface area contributed by atoms with Crippen molar-refractivity contribution in [1.29, 1.82) is 0 Å². The van der Waals surface area contributed by atoms with E-state index in [1.807, 2.05) is 40.1 Å². The molecule has 1 N–H and O–H groups in total. The van der Waals surface area contributed by atoms with Gasteiger partial charge in [0.25, 0.3) is 0 Å². The normalized spacial score (nSPS) is 15.5. The quantitative estimate of drug-likeness (QED) is 0.616. The molecule has 2 aromatic carbocycles. The van der Waals surface area contributed by atoms with Gasteiger partial charge in [-0.05, 0) is 68.9 Å². The summed E-state index contributed by atoms with van der Waals surface area (Å²) in [6, 6.07) is 13.9. The highest BCUT2D eigenvalue weighted by atomic mass is 32.2. The number of hydrogen-bond acceptors (Lipinski definition) is 4. The van der Waals surface area contributed by atoms with E-state index in [1.165, 1.54) is 15.6 Å². The van der Waals surface area contributed by atoms with Gasteiger partial charge in [-0.3, -0.25) is 4.79 Å². The standard InChI is InChI=1S/C25H35N3O3S/c1-19-7-12-24(20(2)18-19)32(30,31)28-16-13-22(14-17-28)25(29)26-15-5-6-21-8-10-23(11-9-21)27(3)4/h7-12,18,22H,5-6,13-17H2,1-4H3,(H,26,29). The molecule has 0 unspecified atom stereocenters. The van der Waals surface area contributed by atoms with E-state index < -0.39 is 10.0 Å². The molecule has 0 aliphatic carbocycles. The molecule has 0 bridgehead atoms. The number of aryl methyl sites for hydroxylation is 3. The van der Waals surface area contributed by atoms with Crippen LogP contribution in [0.2, 0.25) is 0 Å². The van der Waals surface area contributed by atoms with Gasteiger partial charge in [-0.25, -0.2) is 8.42 Å². The number of carbonyl (C=O) groups is 1. The fourth-order valence-electron chi connectivity index (χ4n) is 4.20. The Hall–Kier alpha value is -2.38. The summed E-state index contributed by atoms with van der Waals surface area (Å²) in [6.45, 7) is 5.18. The van der Waals surface area contributed by atoms with E-state index in [1.54, 1.807) is 6.07 Å². The first-order valence-electron chi connectivity index (χ1n) is 11.3. The highest BCUT2D eigenvalue weighted by molar-refractivity contribution is 7.89. The first kappa shape index (κ1) is 24.3. The Labute approximate surface area is 192 Å². The molecular formula is C25H35N3O3S. The average Bonchev–Trinajstić information content (AvgIpc) is 2.76. The lowest BCUT2D eigenvalue weighted by Gasteiger charge is -2.31. The molecule has 0 saturated carbocycles. The number of piperidine rings is 1. The van der Waals surface area contributed by atoms with Gasteiger partial charge in [0, 0.05) is 45.3 Å².